The van der Waals surface area contributed by atoms with Crippen LogP contribution in [0.5, 0.6) is 0 Å². The molecular weight excluding hydrogens is 335 g/mol. The Balaban J connectivity index is 2.06. The topological polar surface area (TPSA) is 20.2 Å². The van der Waals surface area contributed by atoms with Crippen molar-refractivity contribution in [2.24, 2.45) is 0 Å². The fourth-order valence-electron chi connectivity index (χ4n) is 3.70. The van der Waals surface area contributed by atoms with E-state index in [2.05, 4.69) is 91.0 Å². The smallest absolute Gasteiger partial charge is 0.0431 e. The van der Waals surface area contributed by atoms with Gasteiger partial charge in [-0.25, -0.2) is 0 Å². The van der Waals surface area contributed by atoms with E-state index in [9.17, 15) is 0 Å². The van der Waals surface area contributed by atoms with Crippen LogP contribution in [0.15, 0.2) is 91.0 Å². The van der Waals surface area contributed by atoms with Gasteiger partial charge in [-0.05, 0) is 42.2 Å². The number of rotatable bonds is 9. The first kappa shape index (κ1) is 18.8. The molecule has 1 radical (unpaired) electrons. The minimum atomic E-state index is -1.66. The average molecular weight is 363 g/mol. The molecule has 0 saturated heterocycles. The summed E-state index contributed by atoms with van der Waals surface area (Å²) in [6.07, 6.45) is 5.56. The molecule has 1 nitrogen and oxygen atoms in total. The predicted octanol–water partition coefficient (Wildman–Crippen LogP) is 4.53. The largest absolute Gasteiger partial charge is 0.396 e. The number of hydrogen-bond donors (Lipinski definition) is 1. The van der Waals surface area contributed by atoms with E-state index in [0.717, 1.165) is 12.8 Å². The van der Waals surface area contributed by atoms with Crippen LogP contribution in [-0.4, -0.2) is 17.9 Å². The Morgan fingerprint density at radius 3 is 1.27 bits per heavy atom. The molecule has 3 rings (SSSR count). The first-order valence-corrected chi connectivity index (χ1v) is 11.5. The van der Waals surface area contributed by atoms with Gasteiger partial charge in [0.05, 0.1) is 0 Å². The third-order valence-corrected chi connectivity index (χ3v) is 9.52. The summed E-state index contributed by atoms with van der Waals surface area (Å²) in [6, 6.07) is 33.2. The Hall–Kier alpha value is -1.95. The fraction of sp³-hybridized carbons (Fsp3) is 0.250. The first-order valence-electron chi connectivity index (χ1n) is 9.54. The summed E-state index contributed by atoms with van der Waals surface area (Å²) in [5.74, 6) is 0. The van der Waals surface area contributed by atoms with Gasteiger partial charge in [-0.15, -0.1) is 0 Å². The van der Waals surface area contributed by atoms with Crippen molar-refractivity contribution in [2.45, 2.75) is 25.7 Å². The summed E-state index contributed by atoms with van der Waals surface area (Å²) < 4.78 is 0. The van der Waals surface area contributed by atoms with Crippen LogP contribution in [0.25, 0.3) is 0 Å². The lowest BCUT2D eigenvalue weighted by atomic mass is 10.2. The van der Waals surface area contributed by atoms with Crippen LogP contribution >= 0.6 is 7.26 Å². The second-order valence-electron chi connectivity index (χ2n) is 6.68. The number of benzene rings is 3. The van der Waals surface area contributed by atoms with Crippen molar-refractivity contribution in [1.29, 1.82) is 0 Å². The van der Waals surface area contributed by atoms with Crippen LogP contribution in [0.4, 0.5) is 0 Å². The zero-order valence-corrected chi connectivity index (χ0v) is 16.2. The molecule has 0 aliphatic carbocycles. The molecule has 1 N–H and O–H groups in total. The molecule has 0 aliphatic rings. The number of unbranched alkanes of at least 4 members (excludes halogenated alkanes) is 3. The van der Waals surface area contributed by atoms with Gasteiger partial charge in [-0.1, -0.05) is 104 Å². The van der Waals surface area contributed by atoms with Crippen LogP contribution < -0.4 is 15.9 Å². The maximum absolute atomic E-state index is 9.07. The number of aliphatic hydroxyl groups excluding tert-OH is 1. The van der Waals surface area contributed by atoms with Gasteiger partial charge in [0.25, 0.3) is 0 Å². The molecule has 26 heavy (non-hydrogen) atoms. The van der Waals surface area contributed by atoms with Crippen molar-refractivity contribution in [3.8, 4) is 0 Å². The molecule has 0 heterocycles. The summed E-state index contributed by atoms with van der Waals surface area (Å²) >= 11 is 0. The van der Waals surface area contributed by atoms with Gasteiger partial charge in [-0.3, -0.25) is 0 Å². The summed E-state index contributed by atoms with van der Waals surface area (Å²) in [5, 5.41) is 13.4. The van der Waals surface area contributed by atoms with Crippen LogP contribution in [0.2, 0.25) is 0 Å². The molecule has 3 aromatic rings. The Morgan fingerprint density at radius 2 is 0.885 bits per heavy atom. The van der Waals surface area contributed by atoms with Crippen LogP contribution in [0, 0.1) is 0 Å². The van der Waals surface area contributed by atoms with E-state index < -0.39 is 7.26 Å². The summed E-state index contributed by atoms with van der Waals surface area (Å²) in [6.45, 7) is 0.302. The fourth-order valence-corrected chi connectivity index (χ4v) is 8.11. The third-order valence-electron chi connectivity index (χ3n) is 4.99. The molecule has 0 fully saturated rings. The van der Waals surface area contributed by atoms with Gasteiger partial charge in [0.15, 0.2) is 0 Å². The van der Waals surface area contributed by atoms with Crippen molar-refractivity contribution >= 4 is 23.2 Å². The quantitative estimate of drug-likeness (QED) is 0.437. The normalized spacial score (nSPS) is 11.4. The Bertz CT molecular complexity index is 659. The molecular formula is C24H28OP. The minimum Gasteiger partial charge on any atom is -0.396 e. The summed E-state index contributed by atoms with van der Waals surface area (Å²) in [7, 11) is -1.66. The van der Waals surface area contributed by atoms with Gasteiger partial charge in [0.2, 0.25) is 0 Å². The molecule has 0 spiro atoms. The van der Waals surface area contributed by atoms with Crippen molar-refractivity contribution in [1.82, 2.24) is 0 Å². The monoisotopic (exact) mass is 363 g/mol. The van der Waals surface area contributed by atoms with Crippen molar-refractivity contribution in [3.63, 3.8) is 0 Å². The molecule has 135 valence electrons. The average Bonchev–Trinajstić information content (AvgIpc) is 2.73. The minimum absolute atomic E-state index is 0.302. The first-order chi connectivity index (χ1) is 12.9. The van der Waals surface area contributed by atoms with Gasteiger partial charge in [-0.2, -0.15) is 0 Å². The lowest BCUT2D eigenvalue weighted by molar-refractivity contribution is 0.283. The SMILES string of the molecule is OCCCCCC[P](c1ccccc1)(c1ccccc1)c1ccccc1. The van der Waals surface area contributed by atoms with Crippen LogP contribution in [-0.2, 0) is 0 Å². The van der Waals surface area contributed by atoms with Gasteiger partial charge >= 0.3 is 0 Å². The van der Waals surface area contributed by atoms with Crippen LogP contribution in [0.1, 0.15) is 25.7 Å². The molecule has 0 amide bonds. The van der Waals surface area contributed by atoms with E-state index in [1.165, 1.54) is 34.9 Å². The lowest BCUT2D eigenvalue weighted by Gasteiger charge is -2.38. The van der Waals surface area contributed by atoms with Gasteiger partial charge in [0.1, 0.15) is 0 Å². The summed E-state index contributed by atoms with van der Waals surface area (Å²) in [4.78, 5) is 0. The van der Waals surface area contributed by atoms with Crippen molar-refractivity contribution < 1.29 is 5.11 Å². The van der Waals surface area contributed by atoms with Gasteiger partial charge in [0, 0.05) is 6.61 Å². The second-order valence-corrected chi connectivity index (χ2v) is 10.3. The Morgan fingerprint density at radius 1 is 0.500 bits per heavy atom. The maximum atomic E-state index is 9.07. The molecule has 0 saturated carbocycles. The zero-order valence-electron chi connectivity index (χ0n) is 15.3. The van der Waals surface area contributed by atoms with Crippen LogP contribution in [0.3, 0.4) is 0 Å². The molecule has 0 unspecified atom stereocenters. The zero-order chi connectivity index (χ0) is 18.1. The standard InChI is InChI=1S/C24H28OP/c25-20-12-1-2-13-21-26(22-14-6-3-7-15-22,23-16-8-4-9-17-23)24-18-10-5-11-19-24/h3-11,14-19,25H,1-2,12-13,20-21H2. The van der Waals surface area contributed by atoms with E-state index in [4.69, 9.17) is 5.11 Å². The highest BCUT2D eigenvalue weighted by atomic mass is 31.2. The van der Waals surface area contributed by atoms with Gasteiger partial charge < -0.3 is 5.11 Å². The number of hydrogen-bond acceptors (Lipinski definition) is 1. The molecule has 0 aromatic heterocycles. The van der Waals surface area contributed by atoms with E-state index >= 15 is 0 Å². The number of aliphatic hydroxyl groups is 1. The molecule has 0 aliphatic heterocycles. The van der Waals surface area contributed by atoms with Crippen molar-refractivity contribution in [2.75, 3.05) is 12.8 Å². The molecule has 0 bridgehead atoms. The predicted molar refractivity (Wildman–Crippen MR) is 116 cm³/mol. The highest BCUT2D eigenvalue weighted by molar-refractivity contribution is 7.95. The van der Waals surface area contributed by atoms with Crippen molar-refractivity contribution in [3.05, 3.63) is 91.0 Å². The Kier molecular flexibility index (Phi) is 7.00. The Labute approximate surface area is 158 Å². The highest BCUT2D eigenvalue weighted by Gasteiger charge is 2.33. The van der Waals surface area contributed by atoms with E-state index in [-0.39, 0.29) is 0 Å². The highest BCUT2D eigenvalue weighted by Crippen LogP contribution is 2.55. The molecule has 2 heteroatoms. The maximum Gasteiger partial charge on any atom is 0.0431 e. The van der Waals surface area contributed by atoms with E-state index in [1.807, 2.05) is 0 Å². The third kappa shape index (κ3) is 4.23. The lowest BCUT2D eigenvalue weighted by Crippen LogP contribution is -2.33. The second kappa shape index (κ2) is 9.67. The molecule has 3 aromatic carbocycles. The van der Waals surface area contributed by atoms with E-state index in [0.29, 0.717) is 6.61 Å². The molecule has 0 atom stereocenters. The summed E-state index contributed by atoms with van der Waals surface area (Å²) in [5.41, 5.74) is 0. The van der Waals surface area contributed by atoms with E-state index in [1.54, 1.807) is 0 Å².